The highest BCUT2D eigenvalue weighted by atomic mass is 35.5. The van der Waals surface area contributed by atoms with Crippen LogP contribution in [0.4, 0.5) is 4.39 Å². The molecule has 1 fully saturated rings. The van der Waals surface area contributed by atoms with Gasteiger partial charge in [-0.25, -0.2) is 4.39 Å². The maximum Gasteiger partial charge on any atom is 0.127 e. The predicted octanol–water partition coefficient (Wildman–Crippen LogP) is 4.82. The van der Waals surface area contributed by atoms with E-state index in [1.807, 2.05) is 0 Å². The predicted molar refractivity (Wildman–Crippen MR) is 66.7 cm³/mol. The van der Waals surface area contributed by atoms with Gasteiger partial charge in [0.05, 0.1) is 0 Å². The number of hydrogen-bond acceptors (Lipinski definition) is 0. The van der Waals surface area contributed by atoms with Gasteiger partial charge in [-0.05, 0) is 55.7 Å². The van der Waals surface area contributed by atoms with E-state index >= 15 is 0 Å². The molecule has 1 aromatic rings. The normalized spacial score (nSPS) is 17.4. The zero-order valence-corrected chi connectivity index (χ0v) is 10.6. The lowest BCUT2D eigenvalue weighted by Gasteiger charge is -2.08. The van der Waals surface area contributed by atoms with Crippen LogP contribution in [0.5, 0.6) is 0 Å². The van der Waals surface area contributed by atoms with Gasteiger partial charge < -0.3 is 0 Å². The molecule has 0 spiro atoms. The van der Waals surface area contributed by atoms with Gasteiger partial charge in [0.15, 0.2) is 0 Å². The standard InChI is InChI=1S/C13H15Cl2F/c14-11-7-6-10(13(16)8-11)2-1-3-12(15)9-4-5-9/h6-9,12H,1-5H2. The molecule has 16 heavy (non-hydrogen) atoms. The molecule has 3 heteroatoms. The lowest BCUT2D eigenvalue weighted by Crippen LogP contribution is -2.02. The molecule has 0 amide bonds. The van der Waals surface area contributed by atoms with Crippen LogP contribution >= 0.6 is 23.2 Å². The third-order valence-electron chi connectivity index (χ3n) is 3.07. The van der Waals surface area contributed by atoms with Crippen molar-refractivity contribution in [2.75, 3.05) is 0 Å². The first kappa shape index (κ1) is 12.2. The van der Waals surface area contributed by atoms with Crippen molar-refractivity contribution in [1.29, 1.82) is 0 Å². The fourth-order valence-corrected chi connectivity index (χ4v) is 2.47. The van der Waals surface area contributed by atoms with Crippen molar-refractivity contribution in [3.05, 3.63) is 34.6 Å². The summed E-state index contributed by atoms with van der Waals surface area (Å²) in [6.07, 6.45) is 5.21. The number of rotatable bonds is 5. The van der Waals surface area contributed by atoms with E-state index in [4.69, 9.17) is 23.2 Å². The van der Waals surface area contributed by atoms with Crippen LogP contribution in [0.15, 0.2) is 18.2 Å². The van der Waals surface area contributed by atoms with E-state index in [1.165, 1.54) is 18.9 Å². The quantitative estimate of drug-likeness (QED) is 0.666. The Morgan fingerprint density at radius 1 is 1.38 bits per heavy atom. The Morgan fingerprint density at radius 2 is 2.12 bits per heavy atom. The SMILES string of the molecule is Fc1cc(Cl)ccc1CCCC(Cl)C1CC1. The highest BCUT2D eigenvalue weighted by Gasteiger charge is 2.28. The molecule has 0 aliphatic heterocycles. The van der Waals surface area contributed by atoms with Gasteiger partial charge in [-0.3, -0.25) is 0 Å². The van der Waals surface area contributed by atoms with Crippen molar-refractivity contribution in [3.63, 3.8) is 0 Å². The maximum atomic E-state index is 13.4. The summed E-state index contributed by atoms with van der Waals surface area (Å²) in [6, 6.07) is 4.87. The zero-order chi connectivity index (χ0) is 11.5. The molecule has 0 nitrogen and oxygen atoms in total. The average molecular weight is 261 g/mol. The van der Waals surface area contributed by atoms with Crippen LogP contribution in [0.3, 0.4) is 0 Å². The molecule has 1 atom stereocenters. The smallest absolute Gasteiger partial charge is 0.127 e. The van der Waals surface area contributed by atoms with E-state index in [2.05, 4.69) is 0 Å². The molecule has 1 unspecified atom stereocenters. The second kappa shape index (κ2) is 5.37. The Morgan fingerprint density at radius 3 is 2.75 bits per heavy atom. The summed E-state index contributed by atoms with van der Waals surface area (Å²) in [4.78, 5) is 0. The van der Waals surface area contributed by atoms with Gasteiger partial charge in [-0.2, -0.15) is 0 Å². The minimum absolute atomic E-state index is 0.204. The maximum absolute atomic E-state index is 13.4. The van der Waals surface area contributed by atoms with Crippen LogP contribution in [-0.2, 0) is 6.42 Å². The highest BCUT2D eigenvalue weighted by Crippen LogP contribution is 2.37. The van der Waals surface area contributed by atoms with Crippen molar-refractivity contribution in [2.24, 2.45) is 5.92 Å². The Bertz CT molecular complexity index is 361. The zero-order valence-electron chi connectivity index (χ0n) is 9.06. The molecular weight excluding hydrogens is 246 g/mol. The van der Waals surface area contributed by atoms with Crippen LogP contribution in [-0.4, -0.2) is 5.38 Å². The first-order valence-corrected chi connectivity index (χ1v) is 6.56. The molecule has 1 aliphatic rings. The molecule has 1 aromatic carbocycles. The van der Waals surface area contributed by atoms with Crippen molar-refractivity contribution in [1.82, 2.24) is 0 Å². The molecule has 2 rings (SSSR count). The van der Waals surface area contributed by atoms with E-state index in [1.54, 1.807) is 12.1 Å². The molecule has 0 radical (unpaired) electrons. The van der Waals surface area contributed by atoms with Crippen molar-refractivity contribution in [3.8, 4) is 0 Å². The Hall–Kier alpha value is -0.270. The van der Waals surface area contributed by atoms with Gasteiger partial charge in [0.25, 0.3) is 0 Å². The third kappa shape index (κ3) is 3.36. The monoisotopic (exact) mass is 260 g/mol. The van der Waals surface area contributed by atoms with Crippen molar-refractivity contribution < 1.29 is 4.39 Å². The number of aryl methyl sites for hydroxylation is 1. The van der Waals surface area contributed by atoms with Gasteiger partial charge in [0, 0.05) is 10.4 Å². The van der Waals surface area contributed by atoms with Crippen molar-refractivity contribution in [2.45, 2.75) is 37.5 Å². The Kier molecular flexibility index (Phi) is 4.10. The molecule has 0 N–H and O–H groups in total. The second-order valence-electron chi connectivity index (χ2n) is 4.48. The highest BCUT2D eigenvalue weighted by molar-refractivity contribution is 6.30. The number of halogens is 3. The minimum atomic E-state index is -0.204. The van der Waals surface area contributed by atoms with E-state index in [0.29, 0.717) is 5.02 Å². The summed E-state index contributed by atoms with van der Waals surface area (Å²) in [7, 11) is 0. The van der Waals surface area contributed by atoms with Gasteiger partial charge >= 0.3 is 0 Å². The Balaban J connectivity index is 1.80. The first-order valence-electron chi connectivity index (χ1n) is 5.75. The lowest BCUT2D eigenvalue weighted by molar-refractivity contribution is 0.588. The fourth-order valence-electron chi connectivity index (χ4n) is 1.91. The van der Waals surface area contributed by atoms with Crippen LogP contribution in [0.25, 0.3) is 0 Å². The Labute approximate surface area is 106 Å². The number of hydrogen-bond donors (Lipinski definition) is 0. The molecule has 0 aromatic heterocycles. The van der Waals surface area contributed by atoms with Gasteiger partial charge in [0.2, 0.25) is 0 Å². The molecule has 0 saturated heterocycles. The summed E-state index contributed by atoms with van der Waals surface area (Å²) >= 11 is 11.9. The van der Waals surface area contributed by atoms with E-state index in [-0.39, 0.29) is 11.2 Å². The topological polar surface area (TPSA) is 0 Å². The van der Waals surface area contributed by atoms with E-state index in [0.717, 1.165) is 30.7 Å². The average Bonchev–Trinajstić information content (AvgIpc) is 3.04. The van der Waals surface area contributed by atoms with Gasteiger partial charge in [-0.15, -0.1) is 11.6 Å². The second-order valence-corrected chi connectivity index (χ2v) is 5.48. The summed E-state index contributed by atoms with van der Waals surface area (Å²) in [5.41, 5.74) is 0.740. The summed E-state index contributed by atoms with van der Waals surface area (Å²) in [6.45, 7) is 0. The van der Waals surface area contributed by atoms with E-state index in [9.17, 15) is 4.39 Å². The van der Waals surface area contributed by atoms with Gasteiger partial charge in [0.1, 0.15) is 5.82 Å². The van der Waals surface area contributed by atoms with Gasteiger partial charge in [-0.1, -0.05) is 17.7 Å². The molecule has 88 valence electrons. The van der Waals surface area contributed by atoms with Crippen molar-refractivity contribution >= 4 is 23.2 Å². The molecule has 1 saturated carbocycles. The third-order valence-corrected chi connectivity index (χ3v) is 3.88. The lowest BCUT2D eigenvalue weighted by atomic mass is 10.0. The first-order chi connectivity index (χ1) is 7.66. The van der Waals surface area contributed by atoms with Crippen LogP contribution < -0.4 is 0 Å². The molecule has 0 heterocycles. The minimum Gasteiger partial charge on any atom is -0.207 e. The van der Waals surface area contributed by atoms with E-state index < -0.39 is 0 Å². The summed E-state index contributed by atoms with van der Waals surface area (Å²) < 4.78 is 13.4. The fraction of sp³-hybridized carbons (Fsp3) is 0.538. The summed E-state index contributed by atoms with van der Waals surface area (Å²) in [5, 5.41) is 0.741. The van der Waals surface area contributed by atoms with Crippen LogP contribution in [0.1, 0.15) is 31.2 Å². The molecular formula is C13H15Cl2F. The number of benzene rings is 1. The summed E-state index contributed by atoms with van der Waals surface area (Å²) in [5.74, 6) is 0.516. The largest absolute Gasteiger partial charge is 0.207 e. The molecule has 0 bridgehead atoms. The van der Waals surface area contributed by atoms with Crippen LogP contribution in [0.2, 0.25) is 5.02 Å². The molecule has 1 aliphatic carbocycles. The van der Waals surface area contributed by atoms with Crippen LogP contribution in [0, 0.1) is 11.7 Å². The number of alkyl halides is 1.